The number of anilines is 1. The Hall–Kier alpha value is -3.71. The van der Waals surface area contributed by atoms with E-state index in [-0.39, 0.29) is 17.9 Å². The van der Waals surface area contributed by atoms with E-state index < -0.39 is 0 Å². The number of nitrogens with zero attached hydrogens (tertiary/aromatic N) is 3. The number of nitrogens with one attached hydrogen (secondary N) is 1. The van der Waals surface area contributed by atoms with Crippen molar-refractivity contribution in [3.05, 3.63) is 107 Å². The molecule has 0 spiro atoms. The molecular formula is C28H27FN4OS. The fourth-order valence-electron chi connectivity index (χ4n) is 4.91. The van der Waals surface area contributed by atoms with Crippen LogP contribution in [-0.4, -0.2) is 21.3 Å². The lowest BCUT2D eigenvalue weighted by atomic mass is 9.96. The SMILES string of the molecule is CCOc1ccc(N2C(=S)N[C@@H](c3ccccn3)[C@H]2c2cc(C)n(-c3ccccc3F)c2C)cc1. The molecule has 3 heterocycles. The molecule has 0 unspecified atom stereocenters. The van der Waals surface area contributed by atoms with Gasteiger partial charge in [-0.2, -0.15) is 0 Å². The second-order valence-electron chi connectivity index (χ2n) is 8.54. The molecule has 0 radical (unpaired) electrons. The number of hydrogen-bond donors (Lipinski definition) is 1. The molecule has 178 valence electrons. The number of ether oxygens (including phenoxy) is 1. The molecule has 5 rings (SSSR count). The van der Waals surface area contributed by atoms with Crippen LogP contribution < -0.4 is 15.0 Å². The van der Waals surface area contributed by atoms with Crippen LogP contribution in [0.5, 0.6) is 5.75 Å². The van der Waals surface area contributed by atoms with Gasteiger partial charge in [-0.3, -0.25) is 4.98 Å². The number of benzene rings is 2. The smallest absolute Gasteiger partial charge is 0.174 e. The number of para-hydroxylation sites is 1. The van der Waals surface area contributed by atoms with Gasteiger partial charge in [-0.05, 0) is 93.1 Å². The highest BCUT2D eigenvalue weighted by atomic mass is 32.1. The van der Waals surface area contributed by atoms with E-state index in [9.17, 15) is 4.39 Å². The van der Waals surface area contributed by atoms with E-state index >= 15 is 0 Å². The maximum atomic E-state index is 14.8. The summed E-state index contributed by atoms with van der Waals surface area (Å²) in [4.78, 5) is 6.76. The van der Waals surface area contributed by atoms with E-state index in [2.05, 4.69) is 21.3 Å². The summed E-state index contributed by atoms with van der Waals surface area (Å²) in [7, 11) is 0. The van der Waals surface area contributed by atoms with Gasteiger partial charge in [-0.15, -0.1) is 0 Å². The van der Waals surface area contributed by atoms with Crippen molar-refractivity contribution in [1.29, 1.82) is 0 Å². The zero-order valence-electron chi connectivity index (χ0n) is 19.9. The Morgan fingerprint density at radius 1 is 1.03 bits per heavy atom. The van der Waals surface area contributed by atoms with Gasteiger partial charge in [-0.25, -0.2) is 4.39 Å². The molecule has 2 atom stereocenters. The minimum absolute atomic E-state index is 0.176. The minimum Gasteiger partial charge on any atom is -0.494 e. The molecular weight excluding hydrogens is 459 g/mol. The molecule has 0 aliphatic carbocycles. The molecule has 0 bridgehead atoms. The highest BCUT2D eigenvalue weighted by Gasteiger charge is 2.42. The van der Waals surface area contributed by atoms with E-state index in [1.165, 1.54) is 6.07 Å². The molecule has 5 nitrogen and oxygen atoms in total. The number of aryl methyl sites for hydroxylation is 1. The van der Waals surface area contributed by atoms with Crippen LogP contribution in [0, 0.1) is 19.7 Å². The molecule has 2 aromatic carbocycles. The van der Waals surface area contributed by atoms with Crippen molar-refractivity contribution in [1.82, 2.24) is 14.9 Å². The van der Waals surface area contributed by atoms with Gasteiger partial charge in [0.1, 0.15) is 11.6 Å². The largest absolute Gasteiger partial charge is 0.494 e. The molecule has 7 heteroatoms. The van der Waals surface area contributed by atoms with Gasteiger partial charge in [0.25, 0.3) is 0 Å². The first-order valence-electron chi connectivity index (χ1n) is 11.7. The Bertz CT molecular complexity index is 1350. The average Bonchev–Trinajstić information content (AvgIpc) is 3.36. The second-order valence-corrected chi connectivity index (χ2v) is 8.92. The molecule has 1 N–H and O–H groups in total. The van der Waals surface area contributed by atoms with Crippen molar-refractivity contribution in [3.63, 3.8) is 0 Å². The van der Waals surface area contributed by atoms with Crippen LogP contribution in [0.3, 0.4) is 0 Å². The third-order valence-electron chi connectivity index (χ3n) is 6.41. The zero-order valence-corrected chi connectivity index (χ0v) is 20.7. The molecule has 0 amide bonds. The maximum Gasteiger partial charge on any atom is 0.174 e. The fourth-order valence-corrected chi connectivity index (χ4v) is 5.26. The molecule has 1 aliphatic heterocycles. The predicted molar refractivity (Wildman–Crippen MR) is 141 cm³/mol. The topological polar surface area (TPSA) is 42.3 Å². The van der Waals surface area contributed by atoms with Crippen LogP contribution in [0.25, 0.3) is 5.69 Å². The lowest BCUT2D eigenvalue weighted by molar-refractivity contribution is 0.340. The summed E-state index contributed by atoms with van der Waals surface area (Å²) in [6, 6.07) is 22.4. The molecule has 1 aliphatic rings. The highest BCUT2D eigenvalue weighted by molar-refractivity contribution is 7.80. The van der Waals surface area contributed by atoms with Crippen molar-refractivity contribution in [2.24, 2.45) is 0 Å². The van der Waals surface area contributed by atoms with Crippen LogP contribution in [0.15, 0.2) is 79.0 Å². The minimum atomic E-state index is -0.259. The van der Waals surface area contributed by atoms with Crippen molar-refractivity contribution >= 4 is 23.0 Å². The number of hydrogen-bond acceptors (Lipinski definition) is 3. The molecule has 1 fully saturated rings. The number of thiocarbonyl (C=S) groups is 1. The van der Waals surface area contributed by atoms with E-state index in [1.807, 2.05) is 73.9 Å². The number of halogens is 1. The van der Waals surface area contributed by atoms with Gasteiger partial charge >= 0.3 is 0 Å². The quantitative estimate of drug-likeness (QED) is 0.329. The van der Waals surface area contributed by atoms with Gasteiger partial charge in [0.2, 0.25) is 0 Å². The highest BCUT2D eigenvalue weighted by Crippen LogP contribution is 2.44. The van der Waals surface area contributed by atoms with Crippen LogP contribution in [0.2, 0.25) is 0 Å². The number of pyridine rings is 1. The van der Waals surface area contributed by atoms with Crippen molar-refractivity contribution in [3.8, 4) is 11.4 Å². The summed E-state index contributed by atoms with van der Waals surface area (Å²) in [6.45, 7) is 6.60. The number of rotatable bonds is 6. The fraction of sp³-hybridized carbons (Fsp3) is 0.214. The van der Waals surface area contributed by atoms with Crippen molar-refractivity contribution in [2.75, 3.05) is 11.5 Å². The summed E-state index contributed by atoms with van der Waals surface area (Å²) in [5.41, 5.74) is 5.34. The Kier molecular flexibility index (Phi) is 6.26. The molecule has 0 saturated carbocycles. The van der Waals surface area contributed by atoms with Crippen molar-refractivity contribution in [2.45, 2.75) is 32.9 Å². The van der Waals surface area contributed by atoms with Crippen LogP contribution in [0.4, 0.5) is 10.1 Å². The van der Waals surface area contributed by atoms with Gasteiger partial charge in [0.15, 0.2) is 5.11 Å². The van der Waals surface area contributed by atoms with Gasteiger partial charge in [0, 0.05) is 23.3 Å². The van der Waals surface area contributed by atoms with E-state index in [0.717, 1.165) is 34.1 Å². The Morgan fingerprint density at radius 2 is 1.77 bits per heavy atom. The second kappa shape index (κ2) is 9.50. The molecule has 1 saturated heterocycles. The average molecular weight is 487 g/mol. The first-order valence-corrected chi connectivity index (χ1v) is 12.1. The Balaban J connectivity index is 1.65. The zero-order chi connectivity index (χ0) is 24.5. The van der Waals surface area contributed by atoms with Crippen LogP contribution >= 0.6 is 12.2 Å². The molecule has 4 aromatic rings. The predicted octanol–water partition coefficient (Wildman–Crippen LogP) is 6.20. The maximum absolute atomic E-state index is 14.8. The third-order valence-corrected chi connectivity index (χ3v) is 6.72. The molecule has 2 aromatic heterocycles. The summed E-state index contributed by atoms with van der Waals surface area (Å²) in [5.74, 6) is 0.551. The van der Waals surface area contributed by atoms with E-state index in [1.54, 1.807) is 18.3 Å². The van der Waals surface area contributed by atoms with Crippen LogP contribution in [0.1, 0.15) is 41.7 Å². The monoisotopic (exact) mass is 486 g/mol. The van der Waals surface area contributed by atoms with E-state index in [4.69, 9.17) is 17.0 Å². The number of aromatic nitrogens is 2. The molecule has 35 heavy (non-hydrogen) atoms. The van der Waals surface area contributed by atoms with Gasteiger partial charge in [0.05, 0.1) is 30.1 Å². The summed E-state index contributed by atoms with van der Waals surface area (Å²) >= 11 is 5.85. The van der Waals surface area contributed by atoms with Crippen LogP contribution in [-0.2, 0) is 0 Å². The first-order chi connectivity index (χ1) is 17.0. The lowest BCUT2D eigenvalue weighted by Crippen LogP contribution is -2.29. The third kappa shape index (κ3) is 4.17. The first kappa shape index (κ1) is 23.1. The van der Waals surface area contributed by atoms with Gasteiger partial charge in [-0.1, -0.05) is 18.2 Å². The summed E-state index contributed by atoms with van der Waals surface area (Å²) < 4.78 is 22.4. The van der Waals surface area contributed by atoms with Gasteiger partial charge < -0.3 is 19.5 Å². The standard InChI is InChI=1S/C28H27FN4OS/c1-4-34-21-14-12-20(13-15-21)33-27(26(31-28(33)35)24-10-7-8-16-30-24)22-17-18(2)32(19(22)3)25-11-6-5-9-23(25)29/h5-17,26-27H,4H2,1-3H3,(H,31,35)/t26-,27+/m0/s1. The lowest BCUT2D eigenvalue weighted by Gasteiger charge is -2.28. The Morgan fingerprint density at radius 3 is 2.46 bits per heavy atom. The summed E-state index contributed by atoms with van der Waals surface area (Å²) in [5, 5.41) is 4.11. The Labute approximate surface area is 210 Å². The normalized spacial score (nSPS) is 17.5. The van der Waals surface area contributed by atoms with Crippen molar-refractivity contribution < 1.29 is 9.13 Å². The van der Waals surface area contributed by atoms with E-state index in [0.29, 0.717) is 17.4 Å². The summed E-state index contributed by atoms with van der Waals surface area (Å²) in [6.07, 6.45) is 1.79.